The molecule has 2 aromatic rings. The molecule has 1 amide bonds. The Morgan fingerprint density at radius 2 is 1.78 bits per heavy atom. The topological polar surface area (TPSA) is 123 Å². The number of halogens is 3. The lowest BCUT2D eigenvalue weighted by molar-refractivity contribution is 0.102. The molecule has 2 aliphatic rings. The summed E-state index contributed by atoms with van der Waals surface area (Å²) in [5, 5.41) is 6.83. The number of alkyl carbamates (subject to hydrolysis) is 1. The van der Waals surface area contributed by atoms with Crippen LogP contribution in [0, 0.1) is 11.6 Å². The van der Waals surface area contributed by atoms with Crippen LogP contribution < -0.4 is 20.5 Å². The van der Waals surface area contributed by atoms with E-state index in [0.717, 1.165) is 22.9 Å². The van der Waals surface area contributed by atoms with Crippen molar-refractivity contribution in [3.63, 3.8) is 0 Å². The molecule has 0 unspecified atom stereocenters. The van der Waals surface area contributed by atoms with Crippen molar-refractivity contribution < 1.29 is 26.7 Å². The van der Waals surface area contributed by atoms with E-state index in [4.69, 9.17) is 16.3 Å². The zero-order valence-electron chi connectivity index (χ0n) is 19.4. The molecular formula is C22H26ClF2N5O5S. The third-order valence-corrected chi connectivity index (χ3v) is 8.30. The van der Waals surface area contributed by atoms with Gasteiger partial charge < -0.3 is 15.0 Å². The summed E-state index contributed by atoms with van der Waals surface area (Å²) in [6.45, 7) is 0.906. The highest BCUT2D eigenvalue weighted by atomic mass is 35.5. The number of ether oxygens (including phenoxy) is 1. The van der Waals surface area contributed by atoms with E-state index in [9.17, 15) is 26.8 Å². The Labute approximate surface area is 211 Å². The lowest BCUT2D eigenvalue weighted by Gasteiger charge is -2.29. The Morgan fingerprint density at radius 3 is 2.44 bits per heavy atom. The van der Waals surface area contributed by atoms with Gasteiger partial charge in [0.2, 0.25) is 10.0 Å². The van der Waals surface area contributed by atoms with Crippen LogP contribution in [-0.2, 0) is 21.8 Å². The smallest absolute Gasteiger partial charge is 0.407 e. The van der Waals surface area contributed by atoms with E-state index in [1.165, 1.54) is 13.2 Å². The van der Waals surface area contributed by atoms with Gasteiger partial charge in [-0.15, -0.1) is 0 Å². The molecule has 1 atom stereocenters. The predicted octanol–water partition coefficient (Wildman–Crippen LogP) is 2.31. The van der Waals surface area contributed by atoms with Crippen molar-refractivity contribution >= 4 is 33.4 Å². The van der Waals surface area contributed by atoms with Crippen LogP contribution in [0.3, 0.4) is 0 Å². The number of carbonyl (C=O) groups excluding carboxylic acids is 1. The van der Waals surface area contributed by atoms with Crippen LogP contribution in [0.4, 0.5) is 19.3 Å². The predicted molar refractivity (Wildman–Crippen MR) is 127 cm³/mol. The van der Waals surface area contributed by atoms with E-state index in [1.807, 2.05) is 4.90 Å². The molecule has 0 radical (unpaired) electrons. The van der Waals surface area contributed by atoms with E-state index < -0.39 is 50.4 Å². The van der Waals surface area contributed by atoms with E-state index in [1.54, 1.807) is 0 Å². The molecule has 1 aromatic carbocycles. The molecule has 1 saturated heterocycles. The standard InChI is InChI=1S/C22H26ClF2N5O5S/c1-29-21(31)19(23)18(11-26-29)30-10-9-15(12-30)35-22(32)27-13-5-7-14(8-6-13)28-36(33,34)20-16(24)3-2-4-17(20)25/h2-4,11,13-15,28H,5-10,12H2,1H3,(H,27,32)/t13-,14-,15-/m1/s1. The number of rotatable bonds is 6. The normalized spacial score (nSPS) is 22.4. The summed E-state index contributed by atoms with van der Waals surface area (Å²) in [6.07, 6.45) is 2.76. The fourth-order valence-electron chi connectivity index (χ4n) is 4.49. The van der Waals surface area contributed by atoms with Crippen molar-refractivity contribution in [2.45, 2.75) is 55.2 Å². The van der Waals surface area contributed by atoms with Gasteiger partial charge in [-0.3, -0.25) is 4.79 Å². The van der Waals surface area contributed by atoms with Gasteiger partial charge in [-0.25, -0.2) is 31.4 Å². The number of nitrogens with one attached hydrogen (secondary N) is 2. The number of nitrogens with zero attached hydrogens (tertiary/aromatic N) is 3. The first-order chi connectivity index (χ1) is 17.0. The van der Waals surface area contributed by atoms with Crippen molar-refractivity contribution in [1.29, 1.82) is 0 Å². The Kier molecular flexibility index (Phi) is 7.81. The largest absolute Gasteiger partial charge is 0.444 e. The van der Waals surface area contributed by atoms with Crippen molar-refractivity contribution in [1.82, 2.24) is 19.8 Å². The van der Waals surface area contributed by atoms with Crippen molar-refractivity contribution in [3.8, 4) is 0 Å². The van der Waals surface area contributed by atoms with E-state index in [2.05, 4.69) is 15.1 Å². The fourth-order valence-corrected chi connectivity index (χ4v) is 6.22. The van der Waals surface area contributed by atoms with Gasteiger partial charge >= 0.3 is 6.09 Å². The highest BCUT2D eigenvalue weighted by Crippen LogP contribution is 2.27. The molecule has 4 rings (SSSR count). The van der Waals surface area contributed by atoms with Gasteiger partial charge in [-0.1, -0.05) is 17.7 Å². The maximum Gasteiger partial charge on any atom is 0.407 e. The summed E-state index contributed by atoms with van der Waals surface area (Å²) >= 11 is 6.15. The van der Waals surface area contributed by atoms with Crippen LogP contribution in [0.25, 0.3) is 0 Å². The highest BCUT2D eigenvalue weighted by Gasteiger charge is 2.32. The average Bonchev–Trinajstić information content (AvgIpc) is 3.26. The summed E-state index contributed by atoms with van der Waals surface area (Å²) in [4.78, 5) is 25.3. The summed E-state index contributed by atoms with van der Waals surface area (Å²) in [5.74, 6) is -2.31. The summed E-state index contributed by atoms with van der Waals surface area (Å²) in [6, 6.07) is 2.14. The number of sulfonamides is 1. The monoisotopic (exact) mass is 545 g/mol. The summed E-state index contributed by atoms with van der Waals surface area (Å²) in [7, 11) is -2.86. The molecular weight excluding hydrogens is 520 g/mol. The van der Waals surface area contributed by atoms with Gasteiger partial charge in [0, 0.05) is 32.1 Å². The number of aryl methyl sites for hydroxylation is 1. The molecule has 2 fully saturated rings. The third kappa shape index (κ3) is 5.79. The zero-order valence-corrected chi connectivity index (χ0v) is 21.0. The molecule has 0 spiro atoms. The van der Waals surface area contributed by atoms with E-state index in [-0.39, 0.29) is 11.1 Å². The molecule has 1 saturated carbocycles. The van der Waals surface area contributed by atoms with Gasteiger partial charge in [0.05, 0.1) is 18.4 Å². The quantitative estimate of drug-likeness (QED) is 0.571. The molecule has 0 bridgehead atoms. The zero-order chi connectivity index (χ0) is 26.0. The van der Waals surface area contributed by atoms with Gasteiger partial charge in [0.1, 0.15) is 22.8 Å². The second-order valence-electron chi connectivity index (χ2n) is 8.90. The first-order valence-electron chi connectivity index (χ1n) is 11.5. The number of hydrogen-bond acceptors (Lipinski definition) is 7. The lowest BCUT2D eigenvalue weighted by atomic mass is 9.92. The number of aromatic nitrogens is 2. The number of hydrogen-bond donors (Lipinski definition) is 2. The first-order valence-corrected chi connectivity index (χ1v) is 13.3. The molecule has 14 heteroatoms. The van der Waals surface area contributed by atoms with Crippen LogP contribution in [-0.4, -0.2) is 55.6 Å². The van der Waals surface area contributed by atoms with Crippen LogP contribution in [0.15, 0.2) is 34.1 Å². The minimum Gasteiger partial charge on any atom is -0.444 e. The number of anilines is 1. The fraction of sp³-hybridized carbons (Fsp3) is 0.500. The van der Waals surface area contributed by atoms with Crippen molar-refractivity contribution in [2.24, 2.45) is 7.05 Å². The van der Waals surface area contributed by atoms with Crippen LogP contribution in [0.1, 0.15) is 32.1 Å². The first kappa shape index (κ1) is 26.3. The van der Waals surface area contributed by atoms with Crippen LogP contribution >= 0.6 is 11.6 Å². The number of amides is 1. The summed E-state index contributed by atoms with van der Waals surface area (Å²) in [5.41, 5.74) is 0.0792. The van der Waals surface area contributed by atoms with Gasteiger partial charge in [0.25, 0.3) is 5.56 Å². The maximum atomic E-state index is 13.9. The average molecular weight is 546 g/mol. The van der Waals surface area contributed by atoms with Crippen molar-refractivity contribution in [2.75, 3.05) is 18.0 Å². The molecule has 1 aliphatic heterocycles. The molecule has 2 N–H and O–H groups in total. The molecule has 196 valence electrons. The third-order valence-electron chi connectivity index (χ3n) is 6.38. The Morgan fingerprint density at radius 1 is 1.14 bits per heavy atom. The van der Waals surface area contributed by atoms with Crippen LogP contribution in [0.2, 0.25) is 5.02 Å². The molecule has 36 heavy (non-hydrogen) atoms. The molecule has 2 heterocycles. The van der Waals surface area contributed by atoms with Crippen molar-refractivity contribution in [3.05, 3.63) is 51.4 Å². The minimum absolute atomic E-state index is 0.0581. The summed E-state index contributed by atoms with van der Waals surface area (Å²) < 4.78 is 61.7. The molecule has 10 nitrogen and oxygen atoms in total. The molecule has 1 aliphatic carbocycles. The van der Waals surface area contributed by atoms with Gasteiger partial charge in [-0.2, -0.15) is 5.10 Å². The highest BCUT2D eigenvalue weighted by molar-refractivity contribution is 7.89. The van der Waals surface area contributed by atoms with E-state index in [0.29, 0.717) is 50.9 Å². The second-order valence-corrected chi connectivity index (χ2v) is 10.9. The maximum absolute atomic E-state index is 13.9. The van der Waals surface area contributed by atoms with Crippen LogP contribution in [0.5, 0.6) is 0 Å². The Hall–Kier alpha value is -2.77. The molecule has 1 aromatic heterocycles. The van der Waals surface area contributed by atoms with E-state index >= 15 is 0 Å². The Balaban J connectivity index is 1.24. The number of benzene rings is 1. The number of carbonyl (C=O) groups is 1. The lowest BCUT2D eigenvalue weighted by Crippen LogP contribution is -2.44. The second kappa shape index (κ2) is 10.7. The SMILES string of the molecule is Cn1ncc(N2CC[C@@H](OC(=O)N[C@H]3CC[C@H](NS(=O)(=O)c4c(F)cccc4F)CC3)C2)c(Cl)c1=O. The van der Waals surface area contributed by atoms with Gasteiger partial charge in [-0.05, 0) is 37.8 Å². The van der Waals surface area contributed by atoms with Gasteiger partial charge in [0.15, 0.2) is 4.90 Å². The Bertz CT molecular complexity index is 1280. The minimum atomic E-state index is -4.37.